The molecule has 0 aliphatic heterocycles. The summed E-state index contributed by atoms with van der Waals surface area (Å²) in [6.45, 7) is 9.84. The summed E-state index contributed by atoms with van der Waals surface area (Å²) in [5.41, 5.74) is 0. The smallest absolute Gasteiger partial charge is 0.157 e. The van der Waals surface area contributed by atoms with Crippen molar-refractivity contribution in [3.63, 3.8) is 0 Å². The Bertz CT molecular complexity index is 261. The standard InChI is InChI=1S/C22H42O2/c1-4-7-10-11-12-13-14-15-16-19-22(23-20-17-8-5-2)24-21-18-9-6-3/h4,7,10,22H,1,5-6,8-9,11-21H2,2-3H3/b10-7-. The lowest BCUT2D eigenvalue weighted by Crippen LogP contribution is -2.19. The lowest BCUT2D eigenvalue weighted by molar-refractivity contribution is -0.148. The molecule has 0 aromatic rings. The second-order valence-corrected chi connectivity index (χ2v) is 6.59. The quantitative estimate of drug-likeness (QED) is 0.141. The lowest BCUT2D eigenvalue weighted by atomic mass is 10.1. The third-order valence-corrected chi connectivity index (χ3v) is 4.19. The third-order valence-electron chi connectivity index (χ3n) is 4.19. The van der Waals surface area contributed by atoms with Gasteiger partial charge in [0.15, 0.2) is 6.29 Å². The average Bonchev–Trinajstić information content (AvgIpc) is 2.60. The molecule has 0 rings (SSSR count). The molecular formula is C22H42O2. The summed E-state index contributed by atoms with van der Waals surface area (Å²) in [4.78, 5) is 0. The Morgan fingerprint density at radius 3 is 1.92 bits per heavy atom. The Morgan fingerprint density at radius 1 is 0.750 bits per heavy atom. The molecule has 142 valence electrons. The normalized spacial score (nSPS) is 11.6. The summed E-state index contributed by atoms with van der Waals surface area (Å²) in [6.07, 6.45) is 22.1. The molecule has 0 aromatic heterocycles. The first-order valence-electron chi connectivity index (χ1n) is 10.4. The van der Waals surface area contributed by atoms with E-state index in [1.54, 1.807) is 0 Å². The molecule has 0 N–H and O–H groups in total. The van der Waals surface area contributed by atoms with E-state index in [4.69, 9.17) is 9.47 Å². The van der Waals surface area contributed by atoms with Crippen LogP contribution in [0.5, 0.6) is 0 Å². The average molecular weight is 339 g/mol. The van der Waals surface area contributed by atoms with Gasteiger partial charge in [-0.15, -0.1) is 0 Å². The Hall–Kier alpha value is -0.600. The molecule has 0 spiro atoms. The van der Waals surface area contributed by atoms with Crippen LogP contribution in [0.2, 0.25) is 0 Å². The molecule has 0 atom stereocenters. The first-order chi connectivity index (χ1) is 11.8. The van der Waals surface area contributed by atoms with Crippen molar-refractivity contribution >= 4 is 0 Å². The fourth-order valence-corrected chi connectivity index (χ4v) is 2.64. The van der Waals surface area contributed by atoms with Gasteiger partial charge in [-0.1, -0.05) is 83.6 Å². The van der Waals surface area contributed by atoms with Gasteiger partial charge in [-0.05, 0) is 38.5 Å². The van der Waals surface area contributed by atoms with Crippen molar-refractivity contribution in [2.24, 2.45) is 0 Å². The molecule has 0 amide bonds. The van der Waals surface area contributed by atoms with Gasteiger partial charge in [-0.3, -0.25) is 0 Å². The Labute approximate surface area is 151 Å². The van der Waals surface area contributed by atoms with Crippen molar-refractivity contribution in [1.82, 2.24) is 0 Å². The first kappa shape index (κ1) is 23.4. The molecule has 0 bridgehead atoms. The van der Waals surface area contributed by atoms with Gasteiger partial charge in [0.05, 0.1) is 0 Å². The molecule has 2 nitrogen and oxygen atoms in total. The second kappa shape index (κ2) is 20.4. The van der Waals surface area contributed by atoms with Gasteiger partial charge in [0, 0.05) is 13.2 Å². The first-order valence-corrected chi connectivity index (χ1v) is 10.4. The molecule has 0 radical (unpaired) electrons. The van der Waals surface area contributed by atoms with Gasteiger partial charge in [0.25, 0.3) is 0 Å². The fraction of sp³-hybridized carbons (Fsp3) is 0.818. The zero-order chi connectivity index (χ0) is 17.7. The molecule has 0 saturated carbocycles. The molecule has 0 unspecified atom stereocenters. The van der Waals surface area contributed by atoms with Gasteiger partial charge in [0.1, 0.15) is 0 Å². The van der Waals surface area contributed by atoms with Crippen LogP contribution in [0.4, 0.5) is 0 Å². The minimum atomic E-state index is 0.0224. The summed E-state index contributed by atoms with van der Waals surface area (Å²) in [5, 5.41) is 0. The van der Waals surface area contributed by atoms with E-state index in [0.29, 0.717) is 0 Å². The van der Waals surface area contributed by atoms with Crippen molar-refractivity contribution in [3.8, 4) is 0 Å². The van der Waals surface area contributed by atoms with E-state index in [-0.39, 0.29) is 6.29 Å². The highest BCUT2D eigenvalue weighted by molar-refractivity contribution is 4.96. The van der Waals surface area contributed by atoms with E-state index in [1.165, 1.54) is 64.2 Å². The van der Waals surface area contributed by atoms with Crippen LogP contribution in [-0.4, -0.2) is 19.5 Å². The maximum Gasteiger partial charge on any atom is 0.157 e. The molecule has 0 heterocycles. The van der Waals surface area contributed by atoms with Gasteiger partial charge < -0.3 is 9.47 Å². The second-order valence-electron chi connectivity index (χ2n) is 6.59. The summed E-state index contributed by atoms with van der Waals surface area (Å²) in [6, 6.07) is 0. The predicted molar refractivity (Wildman–Crippen MR) is 106 cm³/mol. The minimum absolute atomic E-state index is 0.0224. The van der Waals surface area contributed by atoms with E-state index in [2.05, 4.69) is 26.5 Å². The number of hydrogen-bond acceptors (Lipinski definition) is 2. The van der Waals surface area contributed by atoms with Crippen molar-refractivity contribution in [2.75, 3.05) is 13.2 Å². The Balaban J connectivity index is 3.68. The molecule has 0 aromatic carbocycles. The van der Waals surface area contributed by atoms with Crippen molar-refractivity contribution in [3.05, 3.63) is 24.8 Å². The van der Waals surface area contributed by atoms with Crippen LogP contribution in [0, 0.1) is 0 Å². The zero-order valence-corrected chi connectivity index (χ0v) is 16.4. The minimum Gasteiger partial charge on any atom is -0.353 e. The molecule has 0 aliphatic carbocycles. The van der Waals surface area contributed by atoms with Crippen LogP contribution in [0.3, 0.4) is 0 Å². The fourth-order valence-electron chi connectivity index (χ4n) is 2.64. The summed E-state index contributed by atoms with van der Waals surface area (Å²) >= 11 is 0. The number of ether oxygens (including phenoxy) is 2. The number of allylic oxidation sites excluding steroid dienone is 3. The van der Waals surface area contributed by atoms with E-state index in [0.717, 1.165) is 32.5 Å². The van der Waals surface area contributed by atoms with Crippen LogP contribution >= 0.6 is 0 Å². The highest BCUT2D eigenvalue weighted by atomic mass is 16.7. The Morgan fingerprint density at radius 2 is 1.33 bits per heavy atom. The van der Waals surface area contributed by atoms with E-state index < -0.39 is 0 Å². The number of unbranched alkanes of at least 4 members (excludes halogenated alkanes) is 9. The molecule has 0 saturated heterocycles. The summed E-state index contributed by atoms with van der Waals surface area (Å²) < 4.78 is 11.9. The SMILES string of the molecule is C=C/C=C\CCCCCCCC(OCCCCC)OCCCCC. The van der Waals surface area contributed by atoms with Crippen LogP contribution in [-0.2, 0) is 9.47 Å². The van der Waals surface area contributed by atoms with Gasteiger partial charge in [-0.25, -0.2) is 0 Å². The maximum atomic E-state index is 5.96. The Kier molecular flexibility index (Phi) is 19.9. The van der Waals surface area contributed by atoms with E-state index >= 15 is 0 Å². The van der Waals surface area contributed by atoms with Gasteiger partial charge >= 0.3 is 0 Å². The van der Waals surface area contributed by atoms with Crippen LogP contribution in [0.25, 0.3) is 0 Å². The summed E-state index contributed by atoms with van der Waals surface area (Å²) in [5.74, 6) is 0. The molecule has 24 heavy (non-hydrogen) atoms. The van der Waals surface area contributed by atoms with Crippen molar-refractivity contribution in [1.29, 1.82) is 0 Å². The lowest BCUT2D eigenvalue weighted by Gasteiger charge is -2.18. The summed E-state index contributed by atoms with van der Waals surface area (Å²) in [7, 11) is 0. The molecule has 0 fully saturated rings. The third kappa shape index (κ3) is 17.7. The van der Waals surface area contributed by atoms with Crippen LogP contribution in [0.1, 0.15) is 97.3 Å². The topological polar surface area (TPSA) is 18.5 Å². The monoisotopic (exact) mass is 338 g/mol. The van der Waals surface area contributed by atoms with E-state index in [1.807, 2.05) is 12.2 Å². The molecule has 0 aliphatic rings. The molecule has 2 heteroatoms. The van der Waals surface area contributed by atoms with Crippen LogP contribution < -0.4 is 0 Å². The van der Waals surface area contributed by atoms with Crippen LogP contribution in [0.15, 0.2) is 24.8 Å². The highest BCUT2D eigenvalue weighted by Crippen LogP contribution is 2.13. The largest absolute Gasteiger partial charge is 0.353 e. The zero-order valence-electron chi connectivity index (χ0n) is 16.4. The maximum absolute atomic E-state index is 5.96. The van der Waals surface area contributed by atoms with Crippen molar-refractivity contribution in [2.45, 2.75) is 104 Å². The van der Waals surface area contributed by atoms with Gasteiger partial charge in [-0.2, -0.15) is 0 Å². The number of rotatable bonds is 19. The number of hydrogen-bond donors (Lipinski definition) is 0. The predicted octanol–water partition coefficient (Wildman–Crippen LogP) is 7.20. The molecular weight excluding hydrogens is 296 g/mol. The van der Waals surface area contributed by atoms with Gasteiger partial charge in [0.2, 0.25) is 0 Å². The highest BCUT2D eigenvalue weighted by Gasteiger charge is 2.09. The van der Waals surface area contributed by atoms with Crippen molar-refractivity contribution < 1.29 is 9.47 Å². The van der Waals surface area contributed by atoms with E-state index in [9.17, 15) is 0 Å².